The van der Waals surface area contributed by atoms with Crippen molar-refractivity contribution in [1.82, 2.24) is 9.55 Å². The van der Waals surface area contributed by atoms with Crippen molar-refractivity contribution in [3.63, 3.8) is 0 Å². The molecule has 78 valence electrons. The minimum absolute atomic E-state index is 0.153. The van der Waals surface area contributed by atoms with Crippen molar-refractivity contribution >= 4 is 11.0 Å². The van der Waals surface area contributed by atoms with Gasteiger partial charge >= 0.3 is 0 Å². The number of nitrogens with zero attached hydrogens (tertiary/aromatic N) is 2. The Morgan fingerprint density at radius 1 is 1.40 bits per heavy atom. The number of hydrogen-bond donors (Lipinski definition) is 1. The molecule has 15 heavy (non-hydrogen) atoms. The summed E-state index contributed by atoms with van der Waals surface area (Å²) in [5.74, 6) is 1.03. The van der Waals surface area contributed by atoms with Gasteiger partial charge in [0.05, 0.1) is 16.6 Å². The Labute approximate surface area is 88.9 Å². The third kappa shape index (κ3) is 1.13. The summed E-state index contributed by atoms with van der Waals surface area (Å²) < 4.78 is 2.15. The predicted molar refractivity (Wildman–Crippen MR) is 60.6 cm³/mol. The summed E-state index contributed by atoms with van der Waals surface area (Å²) in [4.78, 5) is 4.64. The summed E-state index contributed by atoms with van der Waals surface area (Å²) in [5, 5.41) is 0. The van der Waals surface area contributed by atoms with Gasteiger partial charge < -0.3 is 10.3 Å². The Morgan fingerprint density at radius 2 is 2.13 bits per heavy atom. The van der Waals surface area contributed by atoms with Crippen LogP contribution < -0.4 is 5.73 Å². The molecule has 1 saturated carbocycles. The molecule has 3 heteroatoms. The molecule has 0 bridgehead atoms. The zero-order valence-corrected chi connectivity index (χ0v) is 9.12. The summed E-state index contributed by atoms with van der Waals surface area (Å²) in [6, 6.07) is 6.21. The molecule has 0 radical (unpaired) electrons. The van der Waals surface area contributed by atoms with Crippen molar-refractivity contribution in [2.45, 2.75) is 25.3 Å². The molecule has 1 aromatic carbocycles. The Balaban J connectivity index is 2.34. The van der Waals surface area contributed by atoms with Crippen molar-refractivity contribution in [3.8, 4) is 0 Å². The first kappa shape index (κ1) is 8.92. The number of nitrogens with two attached hydrogens (primary N) is 1. The van der Waals surface area contributed by atoms with Crippen LogP contribution >= 0.6 is 0 Å². The molecule has 0 saturated heterocycles. The summed E-state index contributed by atoms with van der Waals surface area (Å²) >= 11 is 0. The summed E-state index contributed by atoms with van der Waals surface area (Å²) in [6.45, 7) is 2.11. The van der Waals surface area contributed by atoms with Crippen LogP contribution in [0.3, 0.4) is 0 Å². The molecule has 3 nitrogen and oxygen atoms in total. The molecular weight excluding hydrogens is 186 g/mol. The van der Waals surface area contributed by atoms with E-state index in [4.69, 9.17) is 5.73 Å². The Hall–Kier alpha value is -1.35. The van der Waals surface area contributed by atoms with E-state index in [1.165, 1.54) is 11.1 Å². The fraction of sp³-hybridized carbons (Fsp3) is 0.417. The molecule has 1 aromatic heterocycles. The van der Waals surface area contributed by atoms with Crippen LogP contribution in [0.1, 0.15) is 24.2 Å². The normalized spacial score (nSPS) is 18.3. The zero-order chi connectivity index (χ0) is 10.6. The highest BCUT2D eigenvalue weighted by Crippen LogP contribution is 2.42. The van der Waals surface area contributed by atoms with E-state index in [2.05, 4.69) is 35.7 Å². The van der Waals surface area contributed by atoms with Gasteiger partial charge in [0.15, 0.2) is 0 Å². The fourth-order valence-electron chi connectivity index (χ4n) is 2.27. The molecule has 0 aliphatic heterocycles. The second-order valence-corrected chi connectivity index (χ2v) is 4.59. The molecule has 1 aliphatic rings. The largest absolute Gasteiger partial charge is 0.329 e. The van der Waals surface area contributed by atoms with Crippen molar-refractivity contribution in [1.29, 1.82) is 0 Å². The van der Waals surface area contributed by atoms with Crippen molar-refractivity contribution in [2.75, 3.05) is 0 Å². The molecule has 1 heterocycles. The molecule has 0 spiro atoms. The van der Waals surface area contributed by atoms with E-state index in [0.29, 0.717) is 0 Å². The third-order valence-electron chi connectivity index (χ3n) is 3.33. The molecule has 3 rings (SSSR count). The Kier molecular flexibility index (Phi) is 1.55. The smallest absolute Gasteiger partial charge is 0.129 e. The molecule has 1 fully saturated rings. The number of hydrogen-bond acceptors (Lipinski definition) is 2. The van der Waals surface area contributed by atoms with Gasteiger partial charge in [-0.3, -0.25) is 0 Å². The molecule has 0 atom stereocenters. The van der Waals surface area contributed by atoms with Crippen LogP contribution in [0.15, 0.2) is 18.2 Å². The SMILES string of the molecule is Cc1cccc2nc(C3(N)CC3)n(C)c12. The van der Waals surface area contributed by atoms with Crippen molar-refractivity contribution in [2.24, 2.45) is 12.8 Å². The molecular formula is C12H15N3. The molecule has 0 amide bonds. The standard InChI is InChI=1S/C12H15N3/c1-8-4-3-5-9-10(8)15(2)11(14-9)12(13)6-7-12/h3-5H,6-7,13H2,1-2H3. The zero-order valence-electron chi connectivity index (χ0n) is 9.12. The number of fused-ring (bicyclic) bond motifs is 1. The van der Waals surface area contributed by atoms with Crippen LogP contribution in [0.4, 0.5) is 0 Å². The van der Waals surface area contributed by atoms with Crippen LogP contribution in [0.2, 0.25) is 0 Å². The highest BCUT2D eigenvalue weighted by Gasteiger charge is 2.44. The number of benzene rings is 1. The fourth-order valence-corrected chi connectivity index (χ4v) is 2.27. The lowest BCUT2D eigenvalue weighted by atomic mass is 10.2. The first-order valence-electron chi connectivity index (χ1n) is 5.33. The predicted octanol–water partition coefficient (Wildman–Crippen LogP) is 1.83. The summed E-state index contributed by atoms with van der Waals surface area (Å²) in [6.07, 6.45) is 2.12. The van der Waals surface area contributed by atoms with Crippen LogP contribution in [-0.2, 0) is 12.6 Å². The van der Waals surface area contributed by atoms with Crippen LogP contribution in [0.5, 0.6) is 0 Å². The van der Waals surface area contributed by atoms with E-state index < -0.39 is 0 Å². The van der Waals surface area contributed by atoms with E-state index in [-0.39, 0.29) is 5.54 Å². The van der Waals surface area contributed by atoms with E-state index in [9.17, 15) is 0 Å². The lowest BCUT2D eigenvalue weighted by Gasteiger charge is -2.08. The van der Waals surface area contributed by atoms with Crippen LogP contribution in [0.25, 0.3) is 11.0 Å². The molecule has 2 aromatic rings. The second kappa shape index (κ2) is 2.61. The van der Waals surface area contributed by atoms with Crippen LogP contribution in [0, 0.1) is 6.92 Å². The number of aromatic nitrogens is 2. The minimum Gasteiger partial charge on any atom is -0.329 e. The van der Waals surface area contributed by atoms with Gasteiger partial charge in [-0.15, -0.1) is 0 Å². The van der Waals surface area contributed by atoms with Gasteiger partial charge in [-0.25, -0.2) is 4.98 Å². The lowest BCUT2D eigenvalue weighted by Crippen LogP contribution is -2.23. The average Bonchev–Trinajstić information content (AvgIpc) is 2.83. The molecule has 2 N–H and O–H groups in total. The Bertz CT molecular complexity index is 535. The summed E-state index contributed by atoms with van der Waals surface area (Å²) in [7, 11) is 2.06. The van der Waals surface area contributed by atoms with Crippen molar-refractivity contribution in [3.05, 3.63) is 29.6 Å². The maximum Gasteiger partial charge on any atom is 0.129 e. The lowest BCUT2D eigenvalue weighted by molar-refractivity contribution is 0.638. The monoisotopic (exact) mass is 201 g/mol. The van der Waals surface area contributed by atoms with E-state index >= 15 is 0 Å². The van der Waals surface area contributed by atoms with E-state index in [1.54, 1.807) is 0 Å². The van der Waals surface area contributed by atoms with Gasteiger partial charge in [0.25, 0.3) is 0 Å². The van der Waals surface area contributed by atoms with Gasteiger partial charge in [0, 0.05) is 7.05 Å². The molecule has 1 aliphatic carbocycles. The minimum atomic E-state index is -0.153. The van der Waals surface area contributed by atoms with Crippen LogP contribution in [-0.4, -0.2) is 9.55 Å². The maximum absolute atomic E-state index is 6.20. The Morgan fingerprint density at radius 3 is 2.73 bits per heavy atom. The average molecular weight is 201 g/mol. The topological polar surface area (TPSA) is 43.8 Å². The second-order valence-electron chi connectivity index (χ2n) is 4.59. The quantitative estimate of drug-likeness (QED) is 0.765. The highest BCUT2D eigenvalue weighted by atomic mass is 15.1. The number of aryl methyl sites for hydroxylation is 2. The summed E-state index contributed by atoms with van der Waals surface area (Å²) in [5.41, 5.74) is 9.58. The number of rotatable bonds is 1. The van der Waals surface area contributed by atoms with Gasteiger partial charge in [0.1, 0.15) is 5.82 Å². The number of para-hydroxylation sites is 1. The van der Waals surface area contributed by atoms with Crippen molar-refractivity contribution < 1.29 is 0 Å². The molecule has 0 unspecified atom stereocenters. The van der Waals surface area contributed by atoms with Gasteiger partial charge in [0.2, 0.25) is 0 Å². The van der Waals surface area contributed by atoms with E-state index in [0.717, 1.165) is 24.2 Å². The highest BCUT2D eigenvalue weighted by molar-refractivity contribution is 5.79. The van der Waals surface area contributed by atoms with Gasteiger partial charge in [-0.05, 0) is 31.4 Å². The first-order valence-corrected chi connectivity index (χ1v) is 5.33. The first-order chi connectivity index (χ1) is 7.12. The van der Waals surface area contributed by atoms with Gasteiger partial charge in [-0.1, -0.05) is 12.1 Å². The third-order valence-corrected chi connectivity index (χ3v) is 3.33. The van der Waals surface area contributed by atoms with Gasteiger partial charge in [-0.2, -0.15) is 0 Å². The van der Waals surface area contributed by atoms with E-state index in [1.807, 2.05) is 6.07 Å². The number of imidazole rings is 1. The maximum atomic E-state index is 6.20.